The summed E-state index contributed by atoms with van der Waals surface area (Å²) in [4.78, 5) is 4.33. The molecule has 10 heteroatoms. The number of ether oxygens (including phenoxy) is 2. The zero-order valence-corrected chi connectivity index (χ0v) is 22.4. The molecule has 0 bridgehead atoms. The number of para-hydroxylation sites is 1. The molecule has 5 aromatic rings. The number of aromatic nitrogens is 3. The highest BCUT2D eigenvalue weighted by molar-refractivity contribution is 5.86. The zero-order valence-electron chi connectivity index (χ0n) is 22.4. The van der Waals surface area contributed by atoms with Crippen LogP contribution in [0.25, 0.3) is 27.8 Å². The summed E-state index contributed by atoms with van der Waals surface area (Å²) in [5, 5.41) is 11.9. The number of benzene rings is 2. The van der Waals surface area contributed by atoms with Gasteiger partial charge in [-0.3, -0.25) is 4.40 Å². The Labute approximate surface area is 228 Å². The van der Waals surface area contributed by atoms with Crippen LogP contribution in [0.5, 0.6) is 0 Å². The number of aliphatic hydroxyl groups is 1. The lowest BCUT2D eigenvalue weighted by Gasteiger charge is -2.31. The Morgan fingerprint density at radius 1 is 1.02 bits per heavy atom. The van der Waals surface area contributed by atoms with Gasteiger partial charge in [-0.15, -0.1) is 0 Å². The topological polar surface area (TPSA) is 60.9 Å². The quantitative estimate of drug-likeness (QED) is 0.171. The number of nitrogens with zero attached hydrogens (tertiary/aromatic N) is 3. The van der Waals surface area contributed by atoms with Gasteiger partial charge in [-0.25, -0.2) is 9.37 Å². The third kappa shape index (κ3) is 4.87. The van der Waals surface area contributed by atoms with Crippen molar-refractivity contribution >= 4 is 16.4 Å². The molecule has 0 saturated heterocycles. The number of hydrogen-bond acceptors (Lipinski definition) is 4. The smallest absolute Gasteiger partial charge is 0.372 e. The lowest BCUT2D eigenvalue weighted by Crippen LogP contribution is -2.43. The Morgan fingerprint density at radius 3 is 2.40 bits per heavy atom. The van der Waals surface area contributed by atoms with Gasteiger partial charge in [0.25, 0.3) is 0 Å². The van der Waals surface area contributed by atoms with Gasteiger partial charge >= 0.3 is 6.18 Å². The average molecular weight is 556 g/mol. The van der Waals surface area contributed by atoms with E-state index in [4.69, 9.17) is 9.47 Å². The summed E-state index contributed by atoms with van der Waals surface area (Å²) in [6.07, 6.45) is -1.29. The number of fused-ring (bicyclic) bond motifs is 2. The van der Waals surface area contributed by atoms with E-state index in [1.54, 1.807) is 54.0 Å². The molecule has 40 heavy (non-hydrogen) atoms. The van der Waals surface area contributed by atoms with Gasteiger partial charge in [0.15, 0.2) is 5.79 Å². The minimum atomic E-state index is -5.06. The summed E-state index contributed by atoms with van der Waals surface area (Å²) >= 11 is 0. The van der Waals surface area contributed by atoms with E-state index >= 15 is 0 Å². The molecule has 5 rings (SSSR count). The van der Waals surface area contributed by atoms with E-state index in [2.05, 4.69) is 4.98 Å². The number of halogens is 4. The lowest BCUT2D eigenvalue weighted by atomic mass is 9.85. The van der Waals surface area contributed by atoms with E-state index in [0.29, 0.717) is 22.4 Å². The van der Waals surface area contributed by atoms with Crippen LogP contribution >= 0.6 is 0 Å². The summed E-state index contributed by atoms with van der Waals surface area (Å²) in [5.74, 6) is -0.864. The van der Waals surface area contributed by atoms with Gasteiger partial charge in [0, 0.05) is 53.6 Å². The fourth-order valence-electron chi connectivity index (χ4n) is 5.04. The largest absolute Gasteiger partial charge is 0.425 e. The maximum Gasteiger partial charge on any atom is 0.425 e. The van der Waals surface area contributed by atoms with Crippen molar-refractivity contribution in [2.24, 2.45) is 0 Å². The molecule has 2 aromatic carbocycles. The van der Waals surface area contributed by atoms with E-state index in [9.17, 15) is 22.7 Å². The van der Waals surface area contributed by atoms with Gasteiger partial charge in [-0.2, -0.15) is 13.2 Å². The van der Waals surface area contributed by atoms with Gasteiger partial charge in [-0.05, 0) is 63.2 Å². The highest BCUT2D eigenvalue weighted by atomic mass is 19.4. The minimum absolute atomic E-state index is 0.226. The Kier molecular flexibility index (Phi) is 6.98. The molecule has 0 amide bonds. The lowest BCUT2D eigenvalue weighted by molar-refractivity contribution is -0.247. The summed E-state index contributed by atoms with van der Waals surface area (Å²) in [6.45, 7) is 5.53. The third-order valence-electron chi connectivity index (χ3n) is 7.07. The Hall–Kier alpha value is -3.73. The van der Waals surface area contributed by atoms with Crippen LogP contribution < -0.4 is 0 Å². The third-order valence-corrected chi connectivity index (χ3v) is 7.07. The van der Waals surface area contributed by atoms with Crippen molar-refractivity contribution < 1.29 is 32.1 Å². The molecule has 0 saturated carbocycles. The van der Waals surface area contributed by atoms with Crippen LogP contribution in [0.15, 0.2) is 79.3 Å². The predicted molar refractivity (Wildman–Crippen MR) is 143 cm³/mol. The van der Waals surface area contributed by atoms with Crippen LogP contribution in [-0.2, 0) is 21.6 Å². The normalized spacial score (nSPS) is 15.0. The van der Waals surface area contributed by atoms with Crippen LogP contribution in [0, 0.1) is 5.82 Å². The average Bonchev–Trinajstić information content (AvgIpc) is 3.49. The molecule has 0 aliphatic carbocycles. The highest BCUT2D eigenvalue weighted by Gasteiger charge is 2.57. The Morgan fingerprint density at radius 2 is 1.73 bits per heavy atom. The molecular formula is C30H29F4N3O3. The van der Waals surface area contributed by atoms with Crippen LogP contribution in [0.4, 0.5) is 17.6 Å². The zero-order chi connectivity index (χ0) is 28.9. The molecule has 210 valence electrons. The molecule has 3 heterocycles. The first kappa shape index (κ1) is 27.8. The van der Waals surface area contributed by atoms with Gasteiger partial charge in [-0.1, -0.05) is 18.2 Å². The van der Waals surface area contributed by atoms with E-state index < -0.39 is 29.5 Å². The van der Waals surface area contributed by atoms with Crippen LogP contribution in [0.2, 0.25) is 0 Å². The van der Waals surface area contributed by atoms with Crippen molar-refractivity contribution in [1.82, 2.24) is 14.0 Å². The van der Waals surface area contributed by atoms with Crippen LogP contribution in [0.3, 0.4) is 0 Å². The Balaban J connectivity index is 1.62. The van der Waals surface area contributed by atoms with E-state index in [1.165, 1.54) is 62.1 Å². The molecule has 2 unspecified atom stereocenters. The molecule has 0 aliphatic heterocycles. The van der Waals surface area contributed by atoms with Crippen molar-refractivity contribution in [3.8, 4) is 11.4 Å². The van der Waals surface area contributed by atoms with Crippen molar-refractivity contribution in [1.29, 1.82) is 0 Å². The number of rotatable bonds is 8. The maximum absolute atomic E-state index is 14.9. The van der Waals surface area contributed by atoms with Crippen molar-refractivity contribution in [2.75, 3.05) is 7.11 Å². The molecule has 0 radical (unpaired) electrons. The van der Waals surface area contributed by atoms with Crippen LogP contribution in [-0.4, -0.2) is 44.2 Å². The summed E-state index contributed by atoms with van der Waals surface area (Å²) < 4.78 is 72.6. The number of hydrogen-bond donors (Lipinski definition) is 1. The van der Waals surface area contributed by atoms with Gasteiger partial charge in [0.05, 0.1) is 17.8 Å². The van der Waals surface area contributed by atoms with Crippen molar-refractivity contribution in [2.45, 2.75) is 51.0 Å². The number of imidazole rings is 1. The molecule has 0 fully saturated rings. The first-order chi connectivity index (χ1) is 18.8. The summed E-state index contributed by atoms with van der Waals surface area (Å²) in [5.41, 5.74) is -2.52. The van der Waals surface area contributed by atoms with E-state index in [1.807, 2.05) is 0 Å². The maximum atomic E-state index is 14.9. The second-order valence-corrected chi connectivity index (χ2v) is 10.3. The van der Waals surface area contributed by atoms with Gasteiger partial charge in [0.1, 0.15) is 11.6 Å². The van der Waals surface area contributed by atoms with Crippen molar-refractivity contribution in [3.05, 3.63) is 96.2 Å². The standard InChI is InChI=1S/C30H29F4N3O3/c1-19(40-28(2,3)39-4)17-36-18-25(24-7-5-6-8-26(24)36)29(38,30(32,33)34)21-13-14-37-23(15-21)16-35-27(37)20-9-11-22(31)12-10-20/h5-16,18-19,38H,17H2,1-4H3. The monoisotopic (exact) mass is 555 g/mol. The molecule has 1 N–H and O–H groups in total. The molecule has 3 aromatic heterocycles. The van der Waals surface area contributed by atoms with Crippen molar-refractivity contribution in [3.63, 3.8) is 0 Å². The summed E-state index contributed by atoms with van der Waals surface area (Å²) in [6, 6.07) is 14.8. The highest BCUT2D eigenvalue weighted by Crippen LogP contribution is 2.47. The number of alkyl halides is 3. The van der Waals surface area contributed by atoms with E-state index in [-0.39, 0.29) is 23.1 Å². The number of methoxy groups -OCH3 is 1. The summed E-state index contributed by atoms with van der Waals surface area (Å²) in [7, 11) is 1.51. The van der Waals surface area contributed by atoms with E-state index in [0.717, 1.165) is 0 Å². The second-order valence-electron chi connectivity index (χ2n) is 10.3. The molecule has 0 aliphatic rings. The fraction of sp³-hybridized carbons (Fsp3) is 0.300. The Bertz CT molecular complexity index is 1660. The first-order valence-corrected chi connectivity index (χ1v) is 12.7. The minimum Gasteiger partial charge on any atom is -0.372 e. The number of pyridine rings is 1. The first-order valence-electron chi connectivity index (χ1n) is 12.7. The fourth-order valence-corrected chi connectivity index (χ4v) is 5.04. The molecule has 0 spiro atoms. The second kappa shape index (κ2) is 10.0. The SMILES string of the molecule is COC(C)(C)OC(C)Cn1cc(C(O)(c2ccn3c(-c4ccc(F)cc4)ncc3c2)C(F)(F)F)c2ccccc21. The predicted octanol–water partition coefficient (Wildman–Crippen LogP) is 6.68. The molecule has 6 nitrogen and oxygen atoms in total. The molecule has 2 atom stereocenters. The van der Waals surface area contributed by atoms with Gasteiger partial charge in [0.2, 0.25) is 5.60 Å². The van der Waals surface area contributed by atoms with Gasteiger partial charge < -0.3 is 19.1 Å². The molecular weight excluding hydrogens is 526 g/mol. The van der Waals surface area contributed by atoms with Crippen LogP contribution in [0.1, 0.15) is 31.9 Å².